The first-order valence-electron chi connectivity index (χ1n) is 5.05. The van der Waals surface area contributed by atoms with Crippen molar-refractivity contribution < 1.29 is 0 Å². The molecule has 14 heavy (non-hydrogen) atoms. The number of anilines is 1. The molecule has 1 aliphatic rings. The molecule has 0 unspecified atom stereocenters. The molecule has 2 heterocycles. The molecule has 0 radical (unpaired) electrons. The molecule has 1 fully saturated rings. The van der Waals surface area contributed by atoms with Crippen molar-refractivity contribution in [3.05, 3.63) is 17.8 Å². The van der Waals surface area contributed by atoms with Gasteiger partial charge in [0.15, 0.2) is 5.82 Å². The zero-order valence-corrected chi connectivity index (χ0v) is 8.48. The van der Waals surface area contributed by atoms with Crippen LogP contribution in [0.3, 0.4) is 0 Å². The molecule has 0 bridgehead atoms. The van der Waals surface area contributed by atoms with Crippen molar-refractivity contribution >= 4 is 5.82 Å². The Morgan fingerprint density at radius 1 is 1.57 bits per heavy atom. The lowest BCUT2D eigenvalue weighted by molar-refractivity contribution is 0.502. The number of hydrogen-bond acceptors (Lipinski definition) is 4. The number of nitrogens with two attached hydrogens (primary N) is 1. The summed E-state index contributed by atoms with van der Waals surface area (Å²) in [6.45, 7) is 3.98. The number of rotatable bonds is 1. The molecule has 76 valence electrons. The van der Waals surface area contributed by atoms with Crippen LogP contribution in [0.15, 0.2) is 12.3 Å². The van der Waals surface area contributed by atoms with E-state index in [1.165, 1.54) is 0 Å². The Balaban J connectivity index is 2.14. The minimum absolute atomic E-state index is 0.283. The van der Waals surface area contributed by atoms with E-state index < -0.39 is 0 Å². The van der Waals surface area contributed by atoms with Crippen LogP contribution in [-0.4, -0.2) is 29.3 Å². The van der Waals surface area contributed by atoms with E-state index in [9.17, 15) is 0 Å². The average Bonchev–Trinajstić information content (AvgIpc) is 2.18. The van der Waals surface area contributed by atoms with Gasteiger partial charge in [-0.3, -0.25) is 0 Å². The molecule has 1 aromatic rings. The lowest BCUT2D eigenvalue weighted by Crippen LogP contribution is -2.43. The predicted octanol–water partition coefficient (Wildman–Crippen LogP) is 0.713. The van der Waals surface area contributed by atoms with Crippen LogP contribution in [-0.2, 0) is 0 Å². The van der Waals surface area contributed by atoms with Gasteiger partial charge >= 0.3 is 0 Å². The molecule has 2 N–H and O–H groups in total. The fourth-order valence-corrected chi connectivity index (χ4v) is 1.82. The highest BCUT2D eigenvalue weighted by Gasteiger charge is 2.17. The van der Waals surface area contributed by atoms with Gasteiger partial charge in [0, 0.05) is 19.1 Å². The number of aryl methyl sites for hydroxylation is 1. The Morgan fingerprint density at radius 3 is 3.14 bits per heavy atom. The third-order valence-electron chi connectivity index (χ3n) is 2.56. The van der Waals surface area contributed by atoms with Gasteiger partial charge in [-0.2, -0.15) is 5.10 Å². The average molecular weight is 192 g/mol. The maximum Gasteiger partial charge on any atom is 0.151 e. The van der Waals surface area contributed by atoms with Gasteiger partial charge in [-0.05, 0) is 31.4 Å². The monoisotopic (exact) mass is 192 g/mol. The molecular weight excluding hydrogens is 176 g/mol. The summed E-state index contributed by atoms with van der Waals surface area (Å²) in [6.07, 6.45) is 4.04. The lowest BCUT2D eigenvalue weighted by atomic mass is 10.1. The van der Waals surface area contributed by atoms with E-state index >= 15 is 0 Å². The highest BCUT2D eigenvalue weighted by Crippen LogP contribution is 2.16. The smallest absolute Gasteiger partial charge is 0.151 e. The SMILES string of the molecule is Cc1cnnc(N2CCC[C@@H](N)C2)c1. The van der Waals surface area contributed by atoms with Gasteiger partial charge < -0.3 is 10.6 Å². The van der Waals surface area contributed by atoms with Crippen LogP contribution < -0.4 is 10.6 Å². The minimum Gasteiger partial charge on any atom is -0.354 e. The van der Waals surface area contributed by atoms with E-state index in [0.29, 0.717) is 0 Å². The van der Waals surface area contributed by atoms with Crippen molar-refractivity contribution in [2.75, 3.05) is 18.0 Å². The van der Waals surface area contributed by atoms with E-state index in [2.05, 4.69) is 21.2 Å². The molecule has 1 aromatic heterocycles. The van der Waals surface area contributed by atoms with Gasteiger partial charge in [-0.1, -0.05) is 0 Å². The van der Waals surface area contributed by atoms with Crippen molar-refractivity contribution in [3.8, 4) is 0 Å². The van der Waals surface area contributed by atoms with E-state index in [0.717, 1.165) is 37.3 Å². The van der Waals surface area contributed by atoms with Crippen molar-refractivity contribution in [1.29, 1.82) is 0 Å². The summed E-state index contributed by atoms with van der Waals surface area (Å²) >= 11 is 0. The quantitative estimate of drug-likeness (QED) is 0.712. The van der Waals surface area contributed by atoms with Crippen molar-refractivity contribution in [1.82, 2.24) is 10.2 Å². The van der Waals surface area contributed by atoms with Gasteiger partial charge in [0.25, 0.3) is 0 Å². The van der Waals surface area contributed by atoms with Crippen LogP contribution in [0.1, 0.15) is 18.4 Å². The van der Waals surface area contributed by atoms with Crippen LogP contribution in [0.2, 0.25) is 0 Å². The molecule has 1 atom stereocenters. The van der Waals surface area contributed by atoms with Gasteiger partial charge in [-0.25, -0.2) is 0 Å². The van der Waals surface area contributed by atoms with Crippen LogP contribution in [0.5, 0.6) is 0 Å². The zero-order valence-electron chi connectivity index (χ0n) is 8.48. The summed E-state index contributed by atoms with van der Waals surface area (Å²) in [6, 6.07) is 2.34. The summed E-state index contributed by atoms with van der Waals surface area (Å²) in [5.41, 5.74) is 7.06. The topological polar surface area (TPSA) is 55.0 Å². The van der Waals surface area contributed by atoms with Crippen LogP contribution in [0, 0.1) is 6.92 Å². The first kappa shape index (κ1) is 9.40. The maximum absolute atomic E-state index is 5.91. The van der Waals surface area contributed by atoms with E-state index in [4.69, 9.17) is 5.73 Å². The largest absolute Gasteiger partial charge is 0.354 e. The third-order valence-corrected chi connectivity index (χ3v) is 2.56. The Bertz CT molecular complexity index is 313. The molecule has 1 saturated heterocycles. The number of piperidine rings is 1. The number of nitrogens with zero attached hydrogens (tertiary/aromatic N) is 3. The van der Waals surface area contributed by atoms with Crippen LogP contribution >= 0.6 is 0 Å². The van der Waals surface area contributed by atoms with Crippen molar-refractivity contribution in [3.63, 3.8) is 0 Å². The van der Waals surface area contributed by atoms with Crippen LogP contribution in [0.4, 0.5) is 5.82 Å². The highest BCUT2D eigenvalue weighted by molar-refractivity contribution is 5.39. The molecule has 0 amide bonds. The van der Waals surface area contributed by atoms with Crippen molar-refractivity contribution in [2.24, 2.45) is 5.73 Å². The Morgan fingerprint density at radius 2 is 2.43 bits per heavy atom. The number of aromatic nitrogens is 2. The zero-order chi connectivity index (χ0) is 9.97. The summed E-state index contributed by atoms with van der Waals surface area (Å²) in [7, 11) is 0. The summed E-state index contributed by atoms with van der Waals surface area (Å²) in [4.78, 5) is 2.22. The standard InChI is InChI=1S/C10H16N4/c1-8-5-10(13-12-6-8)14-4-2-3-9(11)7-14/h5-6,9H,2-4,7,11H2,1H3/t9-/m1/s1. The number of hydrogen-bond donors (Lipinski definition) is 1. The summed E-state index contributed by atoms with van der Waals surface area (Å²) < 4.78 is 0. The van der Waals surface area contributed by atoms with E-state index in [-0.39, 0.29) is 6.04 Å². The third kappa shape index (κ3) is 2.01. The summed E-state index contributed by atoms with van der Waals surface area (Å²) in [5.74, 6) is 0.958. The van der Waals surface area contributed by atoms with Crippen molar-refractivity contribution in [2.45, 2.75) is 25.8 Å². The minimum atomic E-state index is 0.283. The maximum atomic E-state index is 5.91. The van der Waals surface area contributed by atoms with Gasteiger partial charge in [0.2, 0.25) is 0 Å². The molecule has 0 spiro atoms. The van der Waals surface area contributed by atoms with E-state index in [1.807, 2.05) is 6.92 Å². The highest BCUT2D eigenvalue weighted by atomic mass is 15.3. The fraction of sp³-hybridized carbons (Fsp3) is 0.600. The Labute approximate surface area is 84.1 Å². The molecule has 1 aliphatic heterocycles. The molecule has 2 rings (SSSR count). The van der Waals surface area contributed by atoms with Gasteiger partial charge in [-0.15, -0.1) is 5.10 Å². The normalized spacial score (nSPS) is 22.4. The second kappa shape index (κ2) is 3.92. The first-order valence-corrected chi connectivity index (χ1v) is 5.05. The molecule has 4 nitrogen and oxygen atoms in total. The molecular formula is C10H16N4. The van der Waals surface area contributed by atoms with Gasteiger partial charge in [0.1, 0.15) is 0 Å². The van der Waals surface area contributed by atoms with Gasteiger partial charge in [0.05, 0.1) is 6.20 Å². The summed E-state index contributed by atoms with van der Waals surface area (Å²) in [5, 5.41) is 8.07. The van der Waals surface area contributed by atoms with Crippen LogP contribution in [0.25, 0.3) is 0 Å². The second-order valence-electron chi connectivity index (χ2n) is 3.94. The lowest BCUT2D eigenvalue weighted by Gasteiger charge is -2.31. The molecule has 4 heteroatoms. The Hall–Kier alpha value is -1.16. The molecule has 0 saturated carbocycles. The Kier molecular flexibility index (Phi) is 2.63. The molecule has 0 aromatic carbocycles. The second-order valence-corrected chi connectivity index (χ2v) is 3.94. The van der Waals surface area contributed by atoms with E-state index in [1.54, 1.807) is 6.20 Å². The fourth-order valence-electron chi connectivity index (χ4n) is 1.82. The first-order chi connectivity index (χ1) is 6.75. The molecule has 0 aliphatic carbocycles. The predicted molar refractivity (Wildman–Crippen MR) is 56.2 cm³/mol.